The summed E-state index contributed by atoms with van der Waals surface area (Å²) in [5.41, 5.74) is 2.87. The number of rotatable bonds is 2. The fourth-order valence-electron chi connectivity index (χ4n) is 1.82. The molecule has 0 bridgehead atoms. The predicted octanol–water partition coefficient (Wildman–Crippen LogP) is 1.96. The van der Waals surface area contributed by atoms with Crippen LogP contribution in [0.15, 0.2) is 48.5 Å². The highest BCUT2D eigenvalue weighted by atomic mass is 24.5. The van der Waals surface area contributed by atoms with Gasteiger partial charge in [0.2, 0.25) is 0 Å². The predicted molar refractivity (Wildman–Crippen MR) is 67.4 cm³/mol. The van der Waals surface area contributed by atoms with E-state index in [4.69, 9.17) is 0 Å². The first-order chi connectivity index (χ1) is 7.27. The minimum atomic E-state index is -0.292. The lowest BCUT2D eigenvalue weighted by Gasteiger charge is -2.07. The lowest BCUT2D eigenvalue weighted by atomic mass is 10.2. The van der Waals surface area contributed by atoms with Gasteiger partial charge in [-0.15, -0.1) is 0 Å². The Bertz CT molecular complexity index is 417. The zero-order valence-electron chi connectivity index (χ0n) is 9.33. The Morgan fingerprint density at radius 3 is 1.47 bits per heavy atom. The molecular formula is C14H14Mg. The van der Waals surface area contributed by atoms with Gasteiger partial charge in [-0.2, -0.15) is 7.39 Å². The average molecular weight is 207 g/mol. The van der Waals surface area contributed by atoms with Gasteiger partial charge in [0.25, 0.3) is 0 Å². The normalized spacial score (nSPS) is 9.73. The van der Waals surface area contributed by atoms with Gasteiger partial charge in [-0.1, -0.05) is 59.7 Å². The largest absolute Gasteiger partial charge is 0.451 e. The molecule has 0 nitrogen and oxygen atoms in total. The van der Waals surface area contributed by atoms with E-state index in [-0.39, 0.29) is 20.4 Å². The average Bonchev–Trinajstić information content (AvgIpc) is 2.24. The van der Waals surface area contributed by atoms with Crippen LogP contribution in [0.5, 0.6) is 0 Å². The van der Waals surface area contributed by atoms with Crippen LogP contribution in [0.2, 0.25) is 0 Å². The van der Waals surface area contributed by atoms with Crippen molar-refractivity contribution < 1.29 is 0 Å². The molecule has 0 fully saturated rings. The number of benzene rings is 2. The number of hydrogen-bond donors (Lipinski definition) is 0. The molecule has 0 spiro atoms. The molecule has 0 aliphatic rings. The van der Waals surface area contributed by atoms with Crippen molar-refractivity contribution in [1.82, 2.24) is 0 Å². The molecule has 0 amide bonds. The smallest absolute Gasteiger partial charge is 0.162 e. The SMILES string of the molecule is Cc1cccc[c]1[Mg][c]1ccccc1C. The van der Waals surface area contributed by atoms with Gasteiger partial charge < -0.3 is 0 Å². The third-order valence-electron chi connectivity index (χ3n) is 2.90. The van der Waals surface area contributed by atoms with E-state index in [0.717, 1.165) is 0 Å². The second kappa shape index (κ2) is 4.82. The fraction of sp³-hybridized carbons (Fsp3) is 0.143. The van der Waals surface area contributed by atoms with Crippen molar-refractivity contribution in [2.24, 2.45) is 0 Å². The Hall–Kier alpha value is -0.794. The molecule has 1 heteroatoms. The first kappa shape index (κ1) is 10.7. The third-order valence-corrected chi connectivity index (χ3v) is 5.25. The Kier molecular flexibility index (Phi) is 3.44. The number of aryl methyl sites for hydroxylation is 2. The summed E-state index contributed by atoms with van der Waals surface area (Å²) in [6.07, 6.45) is 0. The van der Waals surface area contributed by atoms with Gasteiger partial charge in [0, 0.05) is 0 Å². The van der Waals surface area contributed by atoms with E-state index < -0.39 is 0 Å². The van der Waals surface area contributed by atoms with Crippen molar-refractivity contribution in [1.29, 1.82) is 0 Å². The Morgan fingerprint density at radius 2 is 1.07 bits per heavy atom. The minimum Gasteiger partial charge on any atom is -0.162 e. The number of hydrogen-bond acceptors (Lipinski definition) is 0. The van der Waals surface area contributed by atoms with Crippen LogP contribution < -0.4 is 7.39 Å². The van der Waals surface area contributed by atoms with Crippen molar-refractivity contribution in [3.05, 3.63) is 59.7 Å². The summed E-state index contributed by atoms with van der Waals surface area (Å²) in [7, 11) is 0. The summed E-state index contributed by atoms with van der Waals surface area (Å²) < 4.78 is 3.12. The van der Waals surface area contributed by atoms with Crippen LogP contribution in [-0.4, -0.2) is 20.4 Å². The molecule has 2 aromatic rings. The summed E-state index contributed by atoms with van der Waals surface area (Å²) >= 11 is -0.292. The van der Waals surface area contributed by atoms with Crippen molar-refractivity contribution in [3.8, 4) is 0 Å². The van der Waals surface area contributed by atoms with Gasteiger partial charge >= 0.3 is 20.4 Å². The summed E-state index contributed by atoms with van der Waals surface area (Å²) in [5, 5.41) is 0. The maximum atomic E-state index is 2.27. The van der Waals surface area contributed by atoms with Crippen LogP contribution in [0.4, 0.5) is 0 Å². The Labute approximate surface area is 101 Å². The molecule has 15 heavy (non-hydrogen) atoms. The van der Waals surface area contributed by atoms with Crippen LogP contribution in [0.25, 0.3) is 0 Å². The third kappa shape index (κ3) is 2.61. The Balaban J connectivity index is 2.30. The van der Waals surface area contributed by atoms with Crippen molar-refractivity contribution in [2.45, 2.75) is 13.8 Å². The second-order valence-electron chi connectivity index (χ2n) is 4.03. The molecular weight excluding hydrogens is 192 g/mol. The molecule has 2 rings (SSSR count). The van der Waals surface area contributed by atoms with Crippen molar-refractivity contribution in [3.63, 3.8) is 0 Å². The molecule has 0 saturated heterocycles. The standard InChI is InChI=1S/2C7H7.Mg/c2*1-7-5-3-2-4-6-7;/h2*2-5H,1H3;. The maximum Gasteiger partial charge on any atom is 0.451 e. The molecule has 0 aliphatic heterocycles. The van der Waals surface area contributed by atoms with Crippen LogP contribution in [-0.2, 0) is 0 Å². The van der Waals surface area contributed by atoms with E-state index in [2.05, 4.69) is 62.4 Å². The molecule has 0 unspecified atom stereocenters. The minimum absolute atomic E-state index is 0.292. The molecule has 0 atom stereocenters. The van der Waals surface area contributed by atoms with E-state index in [9.17, 15) is 0 Å². The van der Waals surface area contributed by atoms with Crippen molar-refractivity contribution >= 4 is 27.8 Å². The molecule has 0 N–H and O–H groups in total. The van der Waals surface area contributed by atoms with E-state index in [1.165, 1.54) is 11.1 Å². The second-order valence-corrected chi connectivity index (χ2v) is 5.91. The summed E-state index contributed by atoms with van der Waals surface area (Å²) in [6, 6.07) is 17.5. The van der Waals surface area contributed by atoms with Gasteiger partial charge in [-0.05, 0) is 13.8 Å². The zero-order valence-corrected chi connectivity index (χ0v) is 10.7. The molecule has 0 saturated carbocycles. The Morgan fingerprint density at radius 1 is 0.667 bits per heavy atom. The maximum absolute atomic E-state index is 2.27. The summed E-state index contributed by atoms with van der Waals surface area (Å²) in [4.78, 5) is 0. The van der Waals surface area contributed by atoms with Gasteiger partial charge in [0.15, 0.2) is 0 Å². The molecule has 0 radical (unpaired) electrons. The van der Waals surface area contributed by atoms with E-state index in [1.807, 2.05) is 0 Å². The van der Waals surface area contributed by atoms with Crippen LogP contribution >= 0.6 is 0 Å². The molecule has 2 aromatic carbocycles. The zero-order chi connectivity index (χ0) is 10.7. The van der Waals surface area contributed by atoms with E-state index in [1.54, 1.807) is 7.39 Å². The lowest BCUT2D eigenvalue weighted by molar-refractivity contribution is 1.50. The summed E-state index contributed by atoms with van der Waals surface area (Å²) in [5.74, 6) is 0. The fourth-order valence-corrected chi connectivity index (χ4v) is 3.53. The highest BCUT2D eigenvalue weighted by molar-refractivity contribution is 6.68. The first-order valence-corrected chi connectivity index (χ1v) is 6.78. The summed E-state index contributed by atoms with van der Waals surface area (Å²) in [6.45, 7) is 4.42. The molecule has 0 heterocycles. The van der Waals surface area contributed by atoms with Gasteiger partial charge in [0.1, 0.15) is 0 Å². The van der Waals surface area contributed by atoms with Crippen molar-refractivity contribution in [2.75, 3.05) is 0 Å². The quantitative estimate of drug-likeness (QED) is 0.659. The van der Waals surface area contributed by atoms with Crippen LogP contribution in [0.3, 0.4) is 0 Å². The lowest BCUT2D eigenvalue weighted by Crippen LogP contribution is -2.30. The molecule has 72 valence electrons. The van der Waals surface area contributed by atoms with Crippen LogP contribution in [0.1, 0.15) is 11.1 Å². The molecule has 0 aromatic heterocycles. The van der Waals surface area contributed by atoms with E-state index in [0.29, 0.717) is 0 Å². The van der Waals surface area contributed by atoms with Gasteiger partial charge in [-0.25, -0.2) is 0 Å². The topological polar surface area (TPSA) is 0 Å². The van der Waals surface area contributed by atoms with Gasteiger partial charge in [-0.3, -0.25) is 0 Å². The molecule has 0 aliphatic carbocycles. The highest BCUT2D eigenvalue weighted by Crippen LogP contribution is 1.95. The van der Waals surface area contributed by atoms with Crippen LogP contribution in [0, 0.1) is 13.8 Å². The van der Waals surface area contributed by atoms with E-state index >= 15 is 0 Å². The first-order valence-electron chi connectivity index (χ1n) is 5.36. The highest BCUT2D eigenvalue weighted by Gasteiger charge is 2.05. The van der Waals surface area contributed by atoms with Gasteiger partial charge in [0.05, 0.1) is 0 Å². The monoisotopic (exact) mass is 206 g/mol.